The van der Waals surface area contributed by atoms with Gasteiger partial charge in [-0.1, -0.05) is 23.7 Å². The molecule has 0 fully saturated rings. The SMILES string of the molecule is Cc1nn(C)c(Cl)c1NC(=O)Cc1ccc(Oc2ccc(C#N)cc2)cc1. The van der Waals surface area contributed by atoms with Gasteiger partial charge in [-0.3, -0.25) is 9.48 Å². The van der Waals surface area contributed by atoms with E-state index >= 15 is 0 Å². The summed E-state index contributed by atoms with van der Waals surface area (Å²) in [7, 11) is 1.72. The van der Waals surface area contributed by atoms with Crippen LogP contribution in [0.3, 0.4) is 0 Å². The van der Waals surface area contributed by atoms with Gasteiger partial charge >= 0.3 is 0 Å². The molecular formula is C20H17ClN4O2. The smallest absolute Gasteiger partial charge is 0.228 e. The zero-order valence-electron chi connectivity index (χ0n) is 14.9. The molecule has 1 aromatic heterocycles. The number of hydrogen-bond acceptors (Lipinski definition) is 4. The Morgan fingerprint density at radius 1 is 1.19 bits per heavy atom. The van der Waals surface area contributed by atoms with Gasteiger partial charge in [0.05, 0.1) is 23.7 Å². The van der Waals surface area contributed by atoms with Crippen molar-refractivity contribution in [3.8, 4) is 17.6 Å². The van der Waals surface area contributed by atoms with Crippen molar-refractivity contribution in [2.24, 2.45) is 7.05 Å². The summed E-state index contributed by atoms with van der Waals surface area (Å²) in [5.74, 6) is 1.12. The average Bonchev–Trinajstić information content (AvgIpc) is 2.90. The summed E-state index contributed by atoms with van der Waals surface area (Å²) in [4.78, 5) is 12.3. The molecule has 136 valence electrons. The minimum absolute atomic E-state index is 0.172. The van der Waals surface area contributed by atoms with E-state index in [9.17, 15) is 4.79 Å². The first-order valence-electron chi connectivity index (χ1n) is 8.22. The Morgan fingerprint density at radius 2 is 1.78 bits per heavy atom. The van der Waals surface area contributed by atoms with E-state index in [0.717, 1.165) is 5.56 Å². The third kappa shape index (κ3) is 4.46. The fourth-order valence-corrected chi connectivity index (χ4v) is 2.77. The second-order valence-electron chi connectivity index (χ2n) is 5.98. The van der Waals surface area contributed by atoms with Crippen molar-refractivity contribution in [3.05, 3.63) is 70.5 Å². The van der Waals surface area contributed by atoms with Gasteiger partial charge in [-0.25, -0.2) is 0 Å². The third-order valence-corrected chi connectivity index (χ3v) is 4.36. The Labute approximate surface area is 161 Å². The van der Waals surface area contributed by atoms with Crippen molar-refractivity contribution < 1.29 is 9.53 Å². The highest BCUT2D eigenvalue weighted by atomic mass is 35.5. The first kappa shape index (κ1) is 18.5. The summed E-state index contributed by atoms with van der Waals surface area (Å²) in [6, 6.07) is 16.2. The van der Waals surface area contributed by atoms with E-state index in [1.807, 2.05) is 12.1 Å². The van der Waals surface area contributed by atoms with Crippen LogP contribution in [0.5, 0.6) is 11.5 Å². The standard InChI is InChI=1S/C20H17ClN4O2/c1-13-19(20(21)25(2)24-13)23-18(26)11-14-3-7-16(8-4-14)27-17-9-5-15(12-22)6-10-17/h3-10H,11H2,1-2H3,(H,23,26). The highest BCUT2D eigenvalue weighted by Gasteiger charge is 2.14. The second kappa shape index (κ2) is 7.94. The van der Waals surface area contributed by atoms with Crippen molar-refractivity contribution in [2.75, 3.05) is 5.32 Å². The predicted molar refractivity (Wildman–Crippen MR) is 103 cm³/mol. The Bertz CT molecular complexity index is 1000. The second-order valence-corrected chi connectivity index (χ2v) is 6.34. The van der Waals surface area contributed by atoms with Crippen molar-refractivity contribution >= 4 is 23.2 Å². The number of carbonyl (C=O) groups is 1. The van der Waals surface area contributed by atoms with Gasteiger partial charge in [-0.05, 0) is 48.9 Å². The van der Waals surface area contributed by atoms with Crippen molar-refractivity contribution in [2.45, 2.75) is 13.3 Å². The quantitative estimate of drug-likeness (QED) is 0.718. The number of aromatic nitrogens is 2. The van der Waals surface area contributed by atoms with Gasteiger partial charge in [0.1, 0.15) is 17.2 Å². The molecule has 1 N–H and O–H groups in total. The summed E-state index contributed by atoms with van der Waals surface area (Å²) in [6.07, 6.45) is 0.210. The summed E-state index contributed by atoms with van der Waals surface area (Å²) >= 11 is 6.13. The Balaban J connectivity index is 1.61. The van der Waals surface area contributed by atoms with Crippen molar-refractivity contribution in [3.63, 3.8) is 0 Å². The van der Waals surface area contributed by atoms with Crippen LogP contribution in [0.4, 0.5) is 5.69 Å². The monoisotopic (exact) mass is 380 g/mol. The van der Waals surface area contributed by atoms with E-state index in [-0.39, 0.29) is 12.3 Å². The number of halogens is 1. The third-order valence-electron chi connectivity index (χ3n) is 3.92. The molecule has 0 saturated carbocycles. The van der Waals surface area contributed by atoms with E-state index in [2.05, 4.69) is 16.5 Å². The lowest BCUT2D eigenvalue weighted by molar-refractivity contribution is -0.115. The van der Waals surface area contributed by atoms with Crippen LogP contribution in [-0.4, -0.2) is 15.7 Å². The molecule has 0 aliphatic carbocycles. The summed E-state index contributed by atoms with van der Waals surface area (Å²) < 4.78 is 7.24. The van der Waals surface area contributed by atoms with Gasteiger partial charge < -0.3 is 10.1 Å². The van der Waals surface area contributed by atoms with E-state index in [4.69, 9.17) is 21.6 Å². The molecule has 27 heavy (non-hydrogen) atoms. The molecule has 0 atom stereocenters. The number of amides is 1. The van der Waals surface area contributed by atoms with Crippen LogP contribution in [0.15, 0.2) is 48.5 Å². The van der Waals surface area contributed by atoms with E-state index in [1.165, 1.54) is 4.68 Å². The summed E-state index contributed by atoms with van der Waals surface area (Å²) in [6.45, 7) is 1.79. The van der Waals surface area contributed by atoms with Crippen LogP contribution in [0, 0.1) is 18.3 Å². The molecule has 0 radical (unpaired) electrons. The van der Waals surface area contributed by atoms with E-state index in [0.29, 0.717) is 33.6 Å². The number of anilines is 1. The van der Waals surface area contributed by atoms with Crippen molar-refractivity contribution in [1.82, 2.24) is 9.78 Å². The predicted octanol–water partition coefficient (Wildman–Crippen LogP) is 4.23. The number of rotatable bonds is 5. The van der Waals surface area contributed by atoms with Gasteiger partial charge in [-0.15, -0.1) is 0 Å². The molecule has 0 aliphatic rings. The molecule has 1 heterocycles. The number of hydrogen-bond donors (Lipinski definition) is 1. The average molecular weight is 381 g/mol. The lowest BCUT2D eigenvalue weighted by Crippen LogP contribution is -2.15. The maximum atomic E-state index is 12.3. The summed E-state index contributed by atoms with van der Waals surface area (Å²) in [5, 5.41) is 16.2. The number of carbonyl (C=O) groups excluding carboxylic acids is 1. The molecule has 0 spiro atoms. The molecule has 0 bridgehead atoms. The largest absolute Gasteiger partial charge is 0.457 e. The zero-order valence-corrected chi connectivity index (χ0v) is 15.6. The fourth-order valence-electron chi connectivity index (χ4n) is 2.55. The molecule has 7 heteroatoms. The van der Waals surface area contributed by atoms with Gasteiger partial charge in [-0.2, -0.15) is 10.4 Å². The molecule has 0 aliphatic heterocycles. The molecule has 6 nitrogen and oxygen atoms in total. The maximum Gasteiger partial charge on any atom is 0.228 e. The zero-order chi connectivity index (χ0) is 19.4. The summed E-state index contributed by atoms with van der Waals surface area (Å²) in [5.41, 5.74) is 2.62. The number of aryl methyl sites for hydroxylation is 2. The molecule has 1 amide bonds. The Morgan fingerprint density at radius 3 is 2.30 bits per heavy atom. The Hall–Kier alpha value is -3.30. The van der Waals surface area contributed by atoms with Crippen molar-refractivity contribution in [1.29, 1.82) is 5.26 Å². The lowest BCUT2D eigenvalue weighted by Gasteiger charge is -2.08. The van der Waals surface area contributed by atoms with E-state index < -0.39 is 0 Å². The lowest BCUT2D eigenvalue weighted by atomic mass is 10.1. The normalized spacial score (nSPS) is 10.3. The topological polar surface area (TPSA) is 79.9 Å². The van der Waals surface area contributed by atoms with Gasteiger partial charge in [0.2, 0.25) is 5.91 Å². The molecular weight excluding hydrogens is 364 g/mol. The van der Waals surface area contributed by atoms with E-state index in [1.54, 1.807) is 50.4 Å². The number of nitrogens with one attached hydrogen (secondary N) is 1. The fraction of sp³-hybridized carbons (Fsp3) is 0.150. The molecule has 0 unspecified atom stereocenters. The highest BCUT2D eigenvalue weighted by Crippen LogP contribution is 2.25. The van der Waals surface area contributed by atoms with Crippen LogP contribution in [0.2, 0.25) is 5.15 Å². The minimum Gasteiger partial charge on any atom is -0.457 e. The van der Waals surface area contributed by atoms with Crippen LogP contribution in [0.1, 0.15) is 16.8 Å². The highest BCUT2D eigenvalue weighted by molar-refractivity contribution is 6.32. The number of nitrogens with zero attached hydrogens (tertiary/aromatic N) is 3. The molecule has 0 saturated heterocycles. The molecule has 2 aromatic carbocycles. The first-order valence-corrected chi connectivity index (χ1v) is 8.60. The molecule has 3 rings (SSSR count). The van der Waals surface area contributed by atoms with Gasteiger partial charge in [0, 0.05) is 7.05 Å². The molecule has 3 aromatic rings. The number of ether oxygens (including phenoxy) is 1. The van der Waals surface area contributed by atoms with Crippen LogP contribution in [-0.2, 0) is 18.3 Å². The van der Waals surface area contributed by atoms with Gasteiger partial charge in [0.15, 0.2) is 5.15 Å². The van der Waals surface area contributed by atoms with Crippen LogP contribution in [0.25, 0.3) is 0 Å². The van der Waals surface area contributed by atoms with Crippen LogP contribution < -0.4 is 10.1 Å². The van der Waals surface area contributed by atoms with Crippen LogP contribution >= 0.6 is 11.6 Å². The van der Waals surface area contributed by atoms with Gasteiger partial charge in [0.25, 0.3) is 0 Å². The number of nitriles is 1. The Kier molecular flexibility index (Phi) is 5.43. The first-order chi connectivity index (χ1) is 13.0. The minimum atomic E-state index is -0.172. The number of benzene rings is 2. The maximum absolute atomic E-state index is 12.3.